The molecule has 1 nitrogen and oxygen atoms in total. The van der Waals surface area contributed by atoms with Crippen molar-refractivity contribution in [1.29, 1.82) is 0 Å². The maximum atomic E-state index is 4.75. The van der Waals surface area contributed by atoms with Crippen LogP contribution in [-0.4, -0.2) is 4.98 Å². The number of fused-ring (bicyclic) bond motifs is 1. The Morgan fingerprint density at radius 2 is 1.56 bits per heavy atom. The van der Waals surface area contributed by atoms with Gasteiger partial charge in [-0.2, -0.15) is 0 Å². The molecule has 0 amide bonds. The number of aryl methyl sites for hydroxylation is 2. The van der Waals surface area contributed by atoms with Crippen LogP contribution in [0.2, 0.25) is 0 Å². The minimum atomic E-state index is 0.515. The van der Waals surface area contributed by atoms with Crippen LogP contribution in [0.15, 0.2) is 42.6 Å². The fourth-order valence-corrected chi connectivity index (χ4v) is 3.74. The molecule has 130 valence electrons. The zero-order valence-corrected chi connectivity index (χ0v) is 16.4. The average molecular weight is 332 g/mol. The highest BCUT2D eigenvalue weighted by Crippen LogP contribution is 2.35. The van der Waals surface area contributed by atoms with Crippen molar-refractivity contribution in [2.24, 2.45) is 0 Å². The zero-order chi connectivity index (χ0) is 18.1. The van der Waals surface area contributed by atoms with Crippen LogP contribution in [0.3, 0.4) is 0 Å². The van der Waals surface area contributed by atoms with Crippen molar-refractivity contribution in [3.8, 4) is 11.3 Å². The van der Waals surface area contributed by atoms with E-state index in [1.807, 2.05) is 6.20 Å². The van der Waals surface area contributed by atoms with Gasteiger partial charge in [0.25, 0.3) is 0 Å². The van der Waals surface area contributed by atoms with E-state index in [2.05, 4.69) is 77.9 Å². The molecule has 0 unspecified atom stereocenters. The number of benzene rings is 2. The lowest BCUT2D eigenvalue weighted by atomic mass is 9.85. The van der Waals surface area contributed by atoms with Gasteiger partial charge in [-0.1, -0.05) is 51.0 Å². The summed E-state index contributed by atoms with van der Waals surface area (Å²) in [7, 11) is 0. The van der Waals surface area contributed by atoms with E-state index in [1.54, 1.807) is 0 Å². The van der Waals surface area contributed by atoms with E-state index in [4.69, 9.17) is 4.98 Å². The summed E-state index contributed by atoms with van der Waals surface area (Å²) in [5.74, 6) is 1.10. The van der Waals surface area contributed by atoms with Crippen molar-refractivity contribution in [1.82, 2.24) is 4.98 Å². The summed E-state index contributed by atoms with van der Waals surface area (Å²) in [6, 6.07) is 13.6. The van der Waals surface area contributed by atoms with Crippen LogP contribution in [-0.2, 0) is 0 Å². The summed E-state index contributed by atoms with van der Waals surface area (Å²) in [5.41, 5.74) is 7.84. The van der Waals surface area contributed by atoms with E-state index in [-0.39, 0.29) is 0 Å². The maximum absolute atomic E-state index is 4.75. The molecular weight excluding hydrogens is 302 g/mol. The predicted octanol–water partition coefficient (Wildman–Crippen LogP) is 7.16. The van der Waals surface area contributed by atoms with Gasteiger partial charge in [0, 0.05) is 17.1 Å². The molecule has 1 aromatic heterocycles. The van der Waals surface area contributed by atoms with Gasteiger partial charge >= 0.3 is 0 Å². The van der Waals surface area contributed by atoms with Crippen molar-refractivity contribution >= 4 is 10.8 Å². The van der Waals surface area contributed by atoms with Crippen LogP contribution in [0.4, 0.5) is 0 Å². The lowest BCUT2D eigenvalue weighted by molar-refractivity contribution is 0.709. The monoisotopic (exact) mass is 331 g/mol. The van der Waals surface area contributed by atoms with Crippen molar-refractivity contribution < 1.29 is 0 Å². The molecule has 0 saturated carbocycles. The molecule has 0 aliphatic rings. The first-order valence-electron chi connectivity index (χ1n) is 9.42. The van der Waals surface area contributed by atoms with E-state index in [0.717, 1.165) is 5.69 Å². The predicted molar refractivity (Wildman–Crippen MR) is 109 cm³/mol. The SMILES string of the molecule is CC[C@@H](C)c1cc2ccnc(-c3cc(C)cc(C)c3)c2cc1C(C)C. The van der Waals surface area contributed by atoms with E-state index >= 15 is 0 Å². The van der Waals surface area contributed by atoms with Gasteiger partial charge in [-0.15, -0.1) is 0 Å². The molecule has 2 aromatic carbocycles. The molecule has 25 heavy (non-hydrogen) atoms. The maximum Gasteiger partial charge on any atom is 0.0780 e. The Kier molecular flexibility index (Phi) is 4.94. The van der Waals surface area contributed by atoms with Gasteiger partial charge in [0.15, 0.2) is 0 Å². The highest BCUT2D eigenvalue weighted by Gasteiger charge is 2.15. The van der Waals surface area contributed by atoms with Gasteiger partial charge in [0.05, 0.1) is 5.69 Å². The van der Waals surface area contributed by atoms with Crippen LogP contribution in [0.5, 0.6) is 0 Å². The first-order chi connectivity index (χ1) is 11.9. The summed E-state index contributed by atoms with van der Waals surface area (Å²) in [6.45, 7) is 13.5. The Balaban J connectivity index is 2.30. The van der Waals surface area contributed by atoms with Crippen molar-refractivity contribution in [3.63, 3.8) is 0 Å². The van der Waals surface area contributed by atoms with Crippen LogP contribution in [0.25, 0.3) is 22.0 Å². The van der Waals surface area contributed by atoms with E-state index < -0.39 is 0 Å². The van der Waals surface area contributed by atoms with Crippen LogP contribution in [0.1, 0.15) is 68.2 Å². The fraction of sp³-hybridized carbons (Fsp3) is 0.375. The second-order valence-corrected chi connectivity index (χ2v) is 7.70. The Labute approximate surface area is 152 Å². The Hall–Kier alpha value is -2.15. The largest absolute Gasteiger partial charge is 0.256 e. The van der Waals surface area contributed by atoms with E-state index in [1.165, 1.54) is 45.0 Å². The molecule has 0 bridgehead atoms. The van der Waals surface area contributed by atoms with Crippen LogP contribution < -0.4 is 0 Å². The Morgan fingerprint density at radius 3 is 2.16 bits per heavy atom. The summed E-state index contributed by atoms with van der Waals surface area (Å²) in [4.78, 5) is 4.75. The molecule has 3 rings (SSSR count). The molecule has 0 fully saturated rings. The third kappa shape index (κ3) is 3.46. The second kappa shape index (κ2) is 7.00. The number of hydrogen-bond donors (Lipinski definition) is 0. The lowest BCUT2D eigenvalue weighted by Crippen LogP contribution is -2.01. The Bertz CT molecular complexity index is 885. The third-order valence-corrected chi connectivity index (χ3v) is 5.23. The minimum Gasteiger partial charge on any atom is -0.256 e. The highest BCUT2D eigenvalue weighted by molar-refractivity contribution is 5.95. The standard InChI is InChI=1S/C24H29N/c1-7-18(6)22-13-19-8-9-25-24(23(19)14-21(22)15(2)3)20-11-16(4)10-17(5)12-20/h8-15,18H,7H2,1-6H3/t18-/m1/s1. The Morgan fingerprint density at radius 1 is 0.880 bits per heavy atom. The van der Waals surface area contributed by atoms with Crippen molar-refractivity contribution in [2.75, 3.05) is 0 Å². The van der Waals surface area contributed by atoms with Gasteiger partial charge in [-0.3, -0.25) is 4.98 Å². The first-order valence-corrected chi connectivity index (χ1v) is 9.42. The fourth-order valence-electron chi connectivity index (χ4n) is 3.74. The third-order valence-electron chi connectivity index (χ3n) is 5.23. The quantitative estimate of drug-likeness (QED) is 0.494. The topological polar surface area (TPSA) is 12.9 Å². The van der Waals surface area contributed by atoms with Gasteiger partial charge in [0.2, 0.25) is 0 Å². The first kappa shape index (κ1) is 17.7. The molecular formula is C24H29N. The van der Waals surface area contributed by atoms with Crippen LogP contribution >= 0.6 is 0 Å². The van der Waals surface area contributed by atoms with Gasteiger partial charge in [0.1, 0.15) is 0 Å². The summed E-state index contributed by atoms with van der Waals surface area (Å²) >= 11 is 0. The molecule has 0 aliphatic carbocycles. The van der Waals surface area contributed by atoms with Gasteiger partial charge < -0.3 is 0 Å². The normalized spacial score (nSPS) is 12.8. The molecule has 3 aromatic rings. The molecule has 0 aliphatic heterocycles. The zero-order valence-electron chi connectivity index (χ0n) is 16.4. The molecule has 1 heterocycles. The molecule has 1 heteroatoms. The van der Waals surface area contributed by atoms with E-state index in [0.29, 0.717) is 11.8 Å². The molecule has 0 saturated heterocycles. The second-order valence-electron chi connectivity index (χ2n) is 7.70. The van der Waals surface area contributed by atoms with Crippen LogP contribution in [0, 0.1) is 13.8 Å². The molecule has 0 radical (unpaired) electrons. The van der Waals surface area contributed by atoms with Crippen molar-refractivity contribution in [3.05, 3.63) is 64.8 Å². The lowest BCUT2D eigenvalue weighted by Gasteiger charge is -2.20. The smallest absolute Gasteiger partial charge is 0.0780 e. The summed E-state index contributed by atoms with van der Waals surface area (Å²) in [5, 5.41) is 2.56. The van der Waals surface area contributed by atoms with Gasteiger partial charge in [-0.25, -0.2) is 0 Å². The number of pyridine rings is 1. The van der Waals surface area contributed by atoms with Crippen molar-refractivity contribution in [2.45, 2.75) is 59.8 Å². The molecule has 0 N–H and O–H groups in total. The summed E-state index contributed by atoms with van der Waals surface area (Å²) in [6.07, 6.45) is 3.12. The highest BCUT2D eigenvalue weighted by atomic mass is 14.7. The number of rotatable bonds is 4. The molecule has 0 spiro atoms. The van der Waals surface area contributed by atoms with E-state index in [9.17, 15) is 0 Å². The molecule has 1 atom stereocenters. The van der Waals surface area contributed by atoms with Gasteiger partial charge in [-0.05, 0) is 72.9 Å². The average Bonchev–Trinajstić information content (AvgIpc) is 2.58. The number of hydrogen-bond acceptors (Lipinski definition) is 1. The summed E-state index contributed by atoms with van der Waals surface area (Å²) < 4.78 is 0. The number of nitrogens with zero attached hydrogens (tertiary/aromatic N) is 1. The minimum absolute atomic E-state index is 0.515. The number of aromatic nitrogens is 1.